The van der Waals surface area contributed by atoms with Gasteiger partial charge in [-0.2, -0.15) is 5.10 Å². The van der Waals surface area contributed by atoms with Gasteiger partial charge in [-0.25, -0.2) is 4.79 Å². The molecule has 3 aliphatic heterocycles. The first-order valence-corrected chi connectivity index (χ1v) is 15.8. The van der Waals surface area contributed by atoms with Gasteiger partial charge in [0.25, 0.3) is 11.8 Å². The van der Waals surface area contributed by atoms with Gasteiger partial charge in [0.05, 0.1) is 5.54 Å². The predicted octanol–water partition coefficient (Wildman–Crippen LogP) is 4.14. The van der Waals surface area contributed by atoms with E-state index >= 15 is 0 Å². The Kier molecular flexibility index (Phi) is 8.07. The molecule has 238 valence electrons. The minimum atomic E-state index is -0.211. The molecule has 0 radical (unpaired) electrons. The van der Waals surface area contributed by atoms with Crippen LogP contribution < -0.4 is 15.5 Å². The number of amides is 4. The van der Waals surface area contributed by atoms with Crippen LogP contribution in [0.2, 0.25) is 0 Å². The molecule has 1 atom stereocenters. The lowest BCUT2D eigenvalue weighted by Crippen LogP contribution is -2.76. The monoisotopic (exact) mass is 612 g/mol. The number of aromatic nitrogens is 2. The summed E-state index contributed by atoms with van der Waals surface area (Å²) in [5.41, 5.74) is 5.99. The van der Waals surface area contributed by atoms with Crippen molar-refractivity contribution in [3.63, 3.8) is 0 Å². The molecule has 2 fully saturated rings. The lowest BCUT2D eigenvalue weighted by atomic mass is 9.78. The first kappa shape index (κ1) is 30.6. The van der Waals surface area contributed by atoms with Crippen molar-refractivity contribution < 1.29 is 14.4 Å². The van der Waals surface area contributed by atoms with Gasteiger partial charge in [-0.1, -0.05) is 19.1 Å². The summed E-state index contributed by atoms with van der Waals surface area (Å²) in [7, 11) is 5.61. The summed E-state index contributed by atoms with van der Waals surface area (Å²) in [6.45, 7) is 10.7. The summed E-state index contributed by atoms with van der Waals surface area (Å²) in [6, 6.07) is 15.3. The molecule has 2 aromatic carbocycles. The minimum Gasteiger partial charge on any atom is -0.366 e. The van der Waals surface area contributed by atoms with Crippen molar-refractivity contribution in [1.29, 1.82) is 0 Å². The lowest BCUT2D eigenvalue weighted by molar-refractivity contribution is -0.0863. The molecule has 45 heavy (non-hydrogen) atoms. The molecule has 2 N–H and O–H groups in total. The van der Waals surface area contributed by atoms with E-state index in [2.05, 4.69) is 48.3 Å². The number of benzene rings is 2. The zero-order valence-corrected chi connectivity index (χ0v) is 27.1. The third kappa shape index (κ3) is 5.77. The van der Waals surface area contributed by atoms with Gasteiger partial charge in [0.1, 0.15) is 0 Å². The number of nitrogens with one attached hydrogen (secondary N) is 2. The van der Waals surface area contributed by atoms with E-state index in [1.54, 1.807) is 19.0 Å². The molecule has 11 nitrogen and oxygen atoms in total. The molecule has 0 bridgehead atoms. The van der Waals surface area contributed by atoms with E-state index in [1.807, 2.05) is 58.1 Å². The Hall–Kier alpha value is -4.38. The second-order valence-electron chi connectivity index (χ2n) is 13.3. The van der Waals surface area contributed by atoms with Crippen molar-refractivity contribution in [2.24, 2.45) is 0 Å². The zero-order chi connectivity index (χ0) is 32.0. The first-order valence-electron chi connectivity index (χ1n) is 15.8. The van der Waals surface area contributed by atoms with E-state index in [-0.39, 0.29) is 35.3 Å². The van der Waals surface area contributed by atoms with Crippen LogP contribution in [0.1, 0.15) is 76.8 Å². The molecular weight excluding hydrogens is 568 g/mol. The third-order valence-electron chi connectivity index (χ3n) is 9.59. The molecule has 0 aliphatic carbocycles. The quantitative estimate of drug-likeness (QED) is 0.416. The Labute approximate surface area is 265 Å². The number of nitrogens with zero attached hydrogens (tertiary/aromatic N) is 6. The van der Waals surface area contributed by atoms with Crippen LogP contribution in [0.4, 0.5) is 16.2 Å². The predicted molar refractivity (Wildman–Crippen MR) is 175 cm³/mol. The van der Waals surface area contributed by atoms with Gasteiger partial charge in [-0.15, -0.1) is 0 Å². The van der Waals surface area contributed by atoms with Crippen molar-refractivity contribution >= 4 is 29.2 Å². The average Bonchev–Trinajstić information content (AvgIpc) is 3.39. The number of rotatable bonds is 7. The molecule has 1 spiro atoms. The fourth-order valence-corrected chi connectivity index (χ4v) is 6.71. The average molecular weight is 613 g/mol. The molecule has 6 rings (SSSR count). The Morgan fingerprint density at radius 1 is 1.04 bits per heavy atom. The lowest BCUT2D eigenvalue weighted by Gasteiger charge is -2.61. The normalized spacial score (nSPS) is 18.7. The number of hydrogen-bond acceptors (Lipinski definition) is 6. The number of likely N-dealkylation sites (N-methyl/N-ethyl adjacent to an activating group) is 1. The molecule has 3 aliphatic rings. The van der Waals surface area contributed by atoms with Crippen LogP contribution in [0.25, 0.3) is 0 Å². The van der Waals surface area contributed by atoms with Crippen LogP contribution in [0, 0.1) is 0 Å². The summed E-state index contributed by atoms with van der Waals surface area (Å²) in [4.78, 5) is 46.6. The third-order valence-corrected chi connectivity index (χ3v) is 9.59. The summed E-state index contributed by atoms with van der Waals surface area (Å²) in [5, 5.41) is 10.9. The van der Waals surface area contributed by atoms with Gasteiger partial charge >= 0.3 is 6.03 Å². The molecule has 4 amide bonds. The Morgan fingerprint density at radius 3 is 2.31 bits per heavy atom. The van der Waals surface area contributed by atoms with Gasteiger partial charge in [0, 0.05) is 93.5 Å². The van der Waals surface area contributed by atoms with Crippen molar-refractivity contribution in [3.05, 3.63) is 76.6 Å². The topological polar surface area (TPSA) is 106 Å². The van der Waals surface area contributed by atoms with Crippen LogP contribution in [-0.4, -0.2) is 95.2 Å². The highest BCUT2D eigenvalue weighted by Crippen LogP contribution is 2.38. The standard InChI is InChI=1S/C34H44N8O3/c1-22(2)42-30-23(3)18-40(27-13-9-25(10-14-27)32(44)38(4)5)19-28(30)29(37-42)31(43)35-17-24-7-11-26(12-8-24)36-33(45)41-20-34(21-41)15-16-39(34)6/h7-14,22-23H,15-21H2,1-6H3,(H,35,43)(H,36,45)/t23-/m0/s1. The van der Waals surface area contributed by atoms with Crippen molar-refractivity contribution in [2.45, 2.75) is 57.8 Å². The summed E-state index contributed by atoms with van der Waals surface area (Å²) >= 11 is 0. The number of likely N-dealkylation sites (tertiary alicyclic amines) is 2. The molecular formula is C34H44N8O3. The van der Waals surface area contributed by atoms with E-state index in [0.717, 1.165) is 60.8 Å². The number of hydrogen-bond donors (Lipinski definition) is 2. The van der Waals surface area contributed by atoms with Crippen LogP contribution in [0.3, 0.4) is 0 Å². The number of carbonyl (C=O) groups is 3. The second-order valence-corrected chi connectivity index (χ2v) is 13.3. The van der Waals surface area contributed by atoms with Gasteiger partial charge in [0.2, 0.25) is 0 Å². The van der Waals surface area contributed by atoms with Gasteiger partial charge in [-0.3, -0.25) is 19.2 Å². The Bertz CT molecular complexity index is 1590. The molecule has 11 heteroatoms. The van der Waals surface area contributed by atoms with Crippen LogP contribution in [-0.2, 0) is 13.1 Å². The molecule has 1 aromatic heterocycles. The van der Waals surface area contributed by atoms with E-state index < -0.39 is 0 Å². The molecule has 2 saturated heterocycles. The highest BCUT2D eigenvalue weighted by molar-refractivity contribution is 5.95. The van der Waals surface area contributed by atoms with Gasteiger partial charge < -0.3 is 25.3 Å². The van der Waals surface area contributed by atoms with E-state index in [4.69, 9.17) is 5.10 Å². The van der Waals surface area contributed by atoms with Crippen molar-refractivity contribution in [1.82, 2.24) is 29.8 Å². The van der Waals surface area contributed by atoms with E-state index in [1.165, 1.54) is 0 Å². The highest BCUT2D eigenvalue weighted by Gasteiger charge is 2.53. The maximum atomic E-state index is 13.6. The van der Waals surface area contributed by atoms with E-state index in [0.29, 0.717) is 24.3 Å². The van der Waals surface area contributed by atoms with E-state index in [9.17, 15) is 14.4 Å². The fourth-order valence-electron chi connectivity index (χ4n) is 6.71. The molecule has 0 saturated carbocycles. The SMILES string of the molecule is CC(C)n1nc(C(=O)NCc2ccc(NC(=O)N3CC4(CCN4C)C3)cc2)c2c1[C@@H](C)CN(c1ccc(C(=O)N(C)C)cc1)C2. The number of urea groups is 1. The molecule has 3 aromatic rings. The van der Waals surface area contributed by atoms with Crippen LogP contribution in [0.15, 0.2) is 48.5 Å². The largest absolute Gasteiger partial charge is 0.366 e. The van der Waals surface area contributed by atoms with Crippen molar-refractivity contribution in [3.8, 4) is 0 Å². The van der Waals surface area contributed by atoms with Gasteiger partial charge in [-0.05, 0) is 69.3 Å². The maximum Gasteiger partial charge on any atom is 0.321 e. The number of fused-ring (bicyclic) bond motifs is 1. The van der Waals surface area contributed by atoms with Crippen molar-refractivity contribution in [2.75, 3.05) is 57.5 Å². The number of anilines is 2. The first-order chi connectivity index (χ1) is 21.5. The maximum absolute atomic E-state index is 13.6. The van der Waals surface area contributed by atoms with Crippen LogP contribution in [0.5, 0.6) is 0 Å². The fraction of sp³-hybridized carbons (Fsp3) is 0.471. The Morgan fingerprint density at radius 2 is 1.73 bits per heavy atom. The molecule has 0 unspecified atom stereocenters. The minimum absolute atomic E-state index is 0.0334. The Balaban J connectivity index is 1.11. The summed E-state index contributed by atoms with van der Waals surface area (Å²) in [6.07, 6.45) is 1.15. The second kappa shape index (κ2) is 11.8. The summed E-state index contributed by atoms with van der Waals surface area (Å²) < 4.78 is 1.99. The molecule has 4 heterocycles. The number of carbonyl (C=O) groups excluding carboxylic acids is 3. The summed E-state index contributed by atoms with van der Waals surface area (Å²) in [5.74, 6) is -0.0851. The smallest absolute Gasteiger partial charge is 0.321 e. The zero-order valence-electron chi connectivity index (χ0n) is 27.1. The van der Waals surface area contributed by atoms with Gasteiger partial charge in [0.15, 0.2) is 5.69 Å². The highest BCUT2D eigenvalue weighted by atomic mass is 16.2. The van der Waals surface area contributed by atoms with Crippen LogP contribution >= 0.6 is 0 Å².